The van der Waals surface area contributed by atoms with Gasteiger partial charge in [-0.1, -0.05) is 11.6 Å². The molecule has 156 valence electrons. The van der Waals surface area contributed by atoms with Crippen LogP contribution in [0.3, 0.4) is 0 Å². The Kier molecular flexibility index (Phi) is 6.69. The highest BCUT2D eigenvalue weighted by Gasteiger charge is 2.23. The van der Waals surface area contributed by atoms with Crippen molar-refractivity contribution in [1.29, 1.82) is 0 Å². The quantitative estimate of drug-likeness (QED) is 0.676. The molecule has 0 saturated heterocycles. The van der Waals surface area contributed by atoms with Gasteiger partial charge < -0.3 is 10.6 Å². The van der Waals surface area contributed by atoms with Crippen molar-refractivity contribution in [2.45, 2.75) is 37.1 Å². The maximum atomic E-state index is 12.7. The molecule has 0 bridgehead atoms. The summed E-state index contributed by atoms with van der Waals surface area (Å²) in [4.78, 5) is 31.1. The smallest absolute Gasteiger partial charge is 0.326 e. The zero-order valence-corrected chi connectivity index (χ0v) is 17.7. The molecular weight excluding hydrogens is 396 g/mol. The second-order valence-electron chi connectivity index (χ2n) is 7.45. The fourth-order valence-electron chi connectivity index (χ4n) is 3.73. The van der Waals surface area contributed by atoms with E-state index in [4.69, 9.17) is 0 Å². The monoisotopic (exact) mass is 422 g/mol. The molecule has 6 nitrogen and oxygen atoms in total. The first-order valence-electron chi connectivity index (χ1n) is 10.4. The van der Waals surface area contributed by atoms with E-state index in [1.807, 2.05) is 12.1 Å². The number of aromatic nitrogens is 1. The maximum absolute atomic E-state index is 12.7. The zero-order valence-electron chi connectivity index (χ0n) is 16.9. The maximum Gasteiger partial charge on any atom is 0.326 e. The highest BCUT2D eigenvalue weighted by atomic mass is 32.2. The van der Waals surface area contributed by atoms with Crippen molar-refractivity contribution >= 4 is 35.1 Å². The Morgan fingerprint density at radius 2 is 2.00 bits per heavy atom. The number of nitrogens with one attached hydrogen (secondary N) is 2. The molecular formula is C23H26N4O2S. The predicted octanol–water partition coefficient (Wildman–Crippen LogP) is 4.85. The van der Waals surface area contributed by atoms with E-state index in [2.05, 4.69) is 21.7 Å². The molecule has 0 radical (unpaired) electrons. The summed E-state index contributed by atoms with van der Waals surface area (Å²) >= 11 is 1.66. The van der Waals surface area contributed by atoms with Crippen LogP contribution in [0.1, 0.15) is 42.5 Å². The molecule has 0 saturated carbocycles. The summed E-state index contributed by atoms with van der Waals surface area (Å²) in [5, 5.41) is 6.77. The van der Waals surface area contributed by atoms with E-state index in [0.29, 0.717) is 24.3 Å². The Balaban J connectivity index is 1.31. The third-order valence-corrected chi connectivity index (χ3v) is 6.33. The highest BCUT2D eigenvalue weighted by Crippen LogP contribution is 2.32. The van der Waals surface area contributed by atoms with Crippen LogP contribution < -0.4 is 15.5 Å². The van der Waals surface area contributed by atoms with Crippen LogP contribution in [0.15, 0.2) is 59.3 Å². The topological polar surface area (TPSA) is 74.3 Å². The molecule has 3 amide bonds. The number of hydrogen-bond donors (Lipinski definition) is 2. The predicted molar refractivity (Wildman–Crippen MR) is 121 cm³/mol. The summed E-state index contributed by atoms with van der Waals surface area (Å²) in [7, 11) is 0. The van der Waals surface area contributed by atoms with E-state index < -0.39 is 0 Å². The standard InChI is InChI=1S/C23H26N4O2S/c28-21(24-14-12-17-5-2-1-3-6-17)18-8-10-19(11-9-18)26-23(29)27-15-16-30-22-20(27)7-4-13-25-22/h4-5,7-11,13H,1-3,6,12,14-16H2,(H,24,28)(H,26,29). The van der Waals surface area contributed by atoms with Gasteiger partial charge in [0.2, 0.25) is 0 Å². The van der Waals surface area contributed by atoms with Gasteiger partial charge in [0.15, 0.2) is 0 Å². The molecule has 7 heteroatoms. The lowest BCUT2D eigenvalue weighted by Crippen LogP contribution is -2.38. The number of nitrogens with zero attached hydrogens (tertiary/aromatic N) is 2. The molecule has 0 atom stereocenters. The fraction of sp³-hybridized carbons (Fsp3) is 0.348. The van der Waals surface area contributed by atoms with Crippen LogP contribution >= 0.6 is 11.8 Å². The molecule has 1 aliphatic heterocycles. The number of carbonyl (C=O) groups is 2. The van der Waals surface area contributed by atoms with Crippen molar-refractivity contribution in [3.8, 4) is 0 Å². The van der Waals surface area contributed by atoms with Gasteiger partial charge in [0.1, 0.15) is 5.03 Å². The number of rotatable bonds is 5. The minimum atomic E-state index is -0.192. The van der Waals surface area contributed by atoms with Crippen LogP contribution in [0.5, 0.6) is 0 Å². The van der Waals surface area contributed by atoms with E-state index in [-0.39, 0.29) is 11.9 Å². The first-order chi connectivity index (χ1) is 14.7. The van der Waals surface area contributed by atoms with Crippen LogP contribution in [0.25, 0.3) is 0 Å². The van der Waals surface area contributed by atoms with E-state index in [0.717, 1.165) is 35.7 Å². The van der Waals surface area contributed by atoms with Gasteiger partial charge in [-0.05, 0) is 68.5 Å². The van der Waals surface area contributed by atoms with Gasteiger partial charge in [-0.25, -0.2) is 9.78 Å². The van der Waals surface area contributed by atoms with Crippen molar-refractivity contribution in [1.82, 2.24) is 10.3 Å². The number of pyridine rings is 1. The molecule has 2 heterocycles. The Hall–Kier alpha value is -2.80. The first-order valence-corrected chi connectivity index (χ1v) is 11.4. The molecule has 0 fully saturated rings. The summed E-state index contributed by atoms with van der Waals surface area (Å²) in [6, 6.07) is 10.6. The molecule has 2 N–H and O–H groups in total. The number of allylic oxidation sites excluding steroid dienone is 1. The van der Waals surface area contributed by atoms with Crippen LogP contribution in [-0.2, 0) is 0 Å². The van der Waals surface area contributed by atoms with Crippen molar-refractivity contribution < 1.29 is 9.59 Å². The summed E-state index contributed by atoms with van der Waals surface area (Å²) in [6.45, 7) is 1.29. The number of carbonyl (C=O) groups excluding carboxylic acids is 2. The molecule has 0 spiro atoms. The third kappa shape index (κ3) is 5.02. The molecule has 0 unspecified atom stereocenters. The second-order valence-corrected chi connectivity index (χ2v) is 8.53. The summed E-state index contributed by atoms with van der Waals surface area (Å²) in [5.74, 6) is 0.727. The number of fused-ring (bicyclic) bond motifs is 1. The average molecular weight is 423 g/mol. The van der Waals surface area contributed by atoms with Crippen molar-refractivity contribution in [2.75, 3.05) is 29.1 Å². The van der Waals surface area contributed by atoms with Gasteiger partial charge in [-0.2, -0.15) is 0 Å². The largest absolute Gasteiger partial charge is 0.352 e. The van der Waals surface area contributed by atoms with Crippen molar-refractivity contribution in [2.24, 2.45) is 0 Å². The molecule has 2 aliphatic rings. The molecule has 1 aromatic heterocycles. The van der Waals surface area contributed by atoms with E-state index in [1.54, 1.807) is 47.1 Å². The Morgan fingerprint density at radius 3 is 2.80 bits per heavy atom. The van der Waals surface area contributed by atoms with Crippen LogP contribution in [0.4, 0.5) is 16.2 Å². The molecule has 1 aliphatic carbocycles. The van der Waals surface area contributed by atoms with Crippen molar-refractivity contribution in [3.63, 3.8) is 0 Å². The molecule has 1 aromatic carbocycles. The molecule has 2 aromatic rings. The number of amides is 3. The van der Waals surface area contributed by atoms with Crippen LogP contribution in [0, 0.1) is 0 Å². The minimum Gasteiger partial charge on any atom is -0.352 e. The van der Waals surface area contributed by atoms with Gasteiger partial charge >= 0.3 is 6.03 Å². The van der Waals surface area contributed by atoms with E-state index >= 15 is 0 Å². The Labute approximate surface area is 181 Å². The summed E-state index contributed by atoms with van der Waals surface area (Å²) in [5.41, 5.74) is 3.53. The number of anilines is 2. The van der Waals surface area contributed by atoms with Crippen LogP contribution in [0.2, 0.25) is 0 Å². The fourth-order valence-corrected chi connectivity index (χ4v) is 4.66. The van der Waals surface area contributed by atoms with Crippen molar-refractivity contribution in [3.05, 3.63) is 59.8 Å². The second kappa shape index (κ2) is 9.80. The normalized spacial score (nSPS) is 15.7. The summed E-state index contributed by atoms with van der Waals surface area (Å²) in [6.07, 6.45) is 9.82. The van der Waals surface area contributed by atoms with E-state index in [1.165, 1.54) is 18.4 Å². The summed E-state index contributed by atoms with van der Waals surface area (Å²) < 4.78 is 0. The lowest BCUT2D eigenvalue weighted by molar-refractivity contribution is 0.0954. The molecule has 4 rings (SSSR count). The minimum absolute atomic E-state index is 0.0858. The first kappa shape index (κ1) is 20.5. The number of benzene rings is 1. The number of thioether (sulfide) groups is 1. The van der Waals surface area contributed by atoms with Gasteiger partial charge in [0, 0.05) is 36.3 Å². The zero-order chi connectivity index (χ0) is 20.8. The lowest BCUT2D eigenvalue weighted by Gasteiger charge is -2.28. The number of hydrogen-bond acceptors (Lipinski definition) is 4. The van der Waals surface area contributed by atoms with Gasteiger partial charge in [-0.15, -0.1) is 11.8 Å². The van der Waals surface area contributed by atoms with E-state index in [9.17, 15) is 9.59 Å². The SMILES string of the molecule is O=C(NCCC1=CCCCC1)c1ccc(NC(=O)N2CCSc3ncccc32)cc1. The van der Waals surface area contributed by atoms with Gasteiger partial charge in [-0.3, -0.25) is 9.69 Å². The Morgan fingerprint density at radius 1 is 1.13 bits per heavy atom. The third-order valence-electron chi connectivity index (χ3n) is 5.36. The van der Waals surface area contributed by atoms with Gasteiger partial charge in [0.25, 0.3) is 5.91 Å². The molecule has 30 heavy (non-hydrogen) atoms. The van der Waals surface area contributed by atoms with Gasteiger partial charge in [0.05, 0.1) is 5.69 Å². The average Bonchev–Trinajstić information content (AvgIpc) is 2.80. The van der Waals surface area contributed by atoms with Crippen LogP contribution in [-0.4, -0.2) is 35.8 Å². The Bertz CT molecular complexity index is 942. The highest BCUT2D eigenvalue weighted by molar-refractivity contribution is 7.99. The lowest BCUT2D eigenvalue weighted by atomic mass is 9.97. The number of urea groups is 1.